The molecular formula is C13H20BNO3. The Kier molecular flexibility index (Phi) is 4.61. The summed E-state index contributed by atoms with van der Waals surface area (Å²) in [6, 6.07) is 1.64. The molecule has 4 nitrogen and oxygen atoms in total. The fourth-order valence-corrected chi connectivity index (χ4v) is 2.49. The van der Waals surface area contributed by atoms with Crippen LogP contribution in [0.1, 0.15) is 39.0 Å². The van der Waals surface area contributed by atoms with Crippen molar-refractivity contribution in [1.82, 2.24) is 4.98 Å². The van der Waals surface area contributed by atoms with E-state index in [1.54, 1.807) is 12.3 Å². The molecule has 1 fully saturated rings. The van der Waals surface area contributed by atoms with Crippen molar-refractivity contribution in [3.63, 3.8) is 0 Å². The summed E-state index contributed by atoms with van der Waals surface area (Å²) >= 11 is 0. The van der Waals surface area contributed by atoms with Gasteiger partial charge in [-0.2, -0.15) is 0 Å². The van der Waals surface area contributed by atoms with Gasteiger partial charge in [0.25, 0.3) is 0 Å². The highest BCUT2D eigenvalue weighted by Gasteiger charge is 2.21. The molecule has 0 bridgehead atoms. The van der Waals surface area contributed by atoms with Crippen LogP contribution in [0.3, 0.4) is 0 Å². The van der Waals surface area contributed by atoms with Crippen molar-refractivity contribution in [2.45, 2.75) is 45.1 Å². The van der Waals surface area contributed by atoms with Gasteiger partial charge in [0.05, 0.1) is 12.3 Å². The summed E-state index contributed by atoms with van der Waals surface area (Å²) in [4.78, 5) is 3.96. The topological polar surface area (TPSA) is 62.6 Å². The fraction of sp³-hybridized carbons (Fsp3) is 0.615. The first kappa shape index (κ1) is 13.4. The van der Waals surface area contributed by atoms with Gasteiger partial charge in [-0.05, 0) is 37.7 Å². The highest BCUT2D eigenvalue weighted by atomic mass is 16.5. The summed E-state index contributed by atoms with van der Waals surface area (Å²) in [7, 11) is -1.49. The largest absolute Gasteiger partial charge is 0.490 e. The fourth-order valence-electron chi connectivity index (χ4n) is 2.49. The van der Waals surface area contributed by atoms with Crippen molar-refractivity contribution in [3.8, 4) is 5.75 Å². The molecule has 1 heterocycles. The van der Waals surface area contributed by atoms with Gasteiger partial charge in [-0.25, -0.2) is 0 Å². The Balaban J connectivity index is 1.92. The third-order valence-corrected chi connectivity index (χ3v) is 3.71. The highest BCUT2D eigenvalue weighted by molar-refractivity contribution is 6.58. The van der Waals surface area contributed by atoms with Crippen LogP contribution in [0.25, 0.3) is 0 Å². The number of aromatic nitrogens is 1. The second-order valence-electron chi connectivity index (χ2n) is 5.00. The molecule has 0 radical (unpaired) electrons. The molecule has 2 N–H and O–H groups in total. The van der Waals surface area contributed by atoms with Crippen LogP contribution in [-0.4, -0.2) is 28.3 Å². The molecule has 0 amide bonds. The molecule has 1 aromatic rings. The molecule has 1 aromatic heterocycles. The Morgan fingerprint density at radius 1 is 1.28 bits per heavy atom. The molecule has 18 heavy (non-hydrogen) atoms. The molecule has 0 atom stereocenters. The monoisotopic (exact) mass is 249 g/mol. The highest BCUT2D eigenvalue weighted by Crippen LogP contribution is 2.28. The summed E-state index contributed by atoms with van der Waals surface area (Å²) in [5.74, 6) is 1.47. The quantitative estimate of drug-likeness (QED) is 0.784. The summed E-state index contributed by atoms with van der Waals surface area (Å²) in [5, 5.41) is 18.2. The van der Waals surface area contributed by atoms with Crippen LogP contribution in [0.15, 0.2) is 18.5 Å². The van der Waals surface area contributed by atoms with Crippen molar-refractivity contribution in [2.24, 2.45) is 5.92 Å². The Morgan fingerprint density at radius 3 is 2.61 bits per heavy atom. The maximum absolute atomic E-state index is 9.08. The van der Waals surface area contributed by atoms with Crippen molar-refractivity contribution in [1.29, 1.82) is 0 Å². The van der Waals surface area contributed by atoms with E-state index >= 15 is 0 Å². The van der Waals surface area contributed by atoms with Crippen molar-refractivity contribution >= 4 is 12.6 Å². The van der Waals surface area contributed by atoms with E-state index in [1.165, 1.54) is 25.5 Å². The zero-order valence-corrected chi connectivity index (χ0v) is 10.7. The van der Waals surface area contributed by atoms with Crippen LogP contribution in [0, 0.1) is 5.92 Å². The number of hydrogen-bond acceptors (Lipinski definition) is 4. The molecule has 1 aliphatic carbocycles. The van der Waals surface area contributed by atoms with E-state index in [0.29, 0.717) is 11.2 Å². The number of ether oxygens (including phenoxy) is 1. The molecule has 0 spiro atoms. The predicted octanol–water partition coefficient (Wildman–Crippen LogP) is 1.11. The third-order valence-electron chi connectivity index (χ3n) is 3.71. The Bertz CT molecular complexity index is 378. The van der Waals surface area contributed by atoms with E-state index in [9.17, 15) is 0 Å². The van der Waals surface area contributed by atoms with Crippen LogP contribution < -0.4 is 10.2 Å². The molecule has 0 saturated heterocycles. The Labute approximate surface area is 108 Å². The number of rotatable bonds is 4. The van der Waals surface area contributed by atoms with E-state index < -0.39 is 7.12 Å². The van der Waals surface area contributed by atoms with Crippen molar-refractivity contribution < 1.29 is 14.8 Å². The minimum absolute atomic E-state index is 0.237. The standard InChI is InChI=1S/C13H20BNO3/c1-2-10-3-5-12(6-4-10)18-13-7-11(14(16)17)8-15-9-13/h7-10,12,16-17H,2-6H2,1H3. The molecule has 0 unspecified atom stereocenters. The van der Waals surface area contributed by atoms with Gasteiger partial charge >= 0.3 is 7.12 Å². The van der Waals surface area contributed by atoms with Gasteiger partial charge in [-0.3, -0.25) is 4.98 Å². The van der Waals surface area contributed by atoms with Crippen molar-refractivity contribution in [3.05, 3.63) is 18.5 Å². The first-order valence-electron chi connectivity index (χ1n) is 6.66. The van der Waals surface area contributed by atoms with Crippen LogP contribution in [0.2, 0.25) is 0 Å². The SMILES string of the molecule is CCC1CCC(Oc2cncc(B(O)O)c2)CC1. The first-order chi connectivity index (χ1) is 8.69. The van der Waals surface area contributed by atoms with Gasteiger partial charge in [0, 0.05) is 11.7 Å². The van der Waals surface area contributed by atoms with E-state index in [4.69, 9.17) is 14.8 Å². The van der Waals surface area contributed by atoms with E-state index in [2.05, 4.69) is 11.9 Å². The smallest absolute Gasteiger partial charge is 0.489 e. The lowest BCUT2D eigenvalue weighted by molar-refractivity contribution is 0.129. The lowest BCUT2D eigenvalue weighted by Gasteiger charge is -2.28. The summed E-state index contributed by atoms with van der Waals surface area (Å²) in [6.07, 6.45) is 9.13. The minimum atomic E-state index is -1.49. The molecule has 98 valence electrons. The third kappa shape index (κ3) is 3.46. The molecule has 0 aromatic carbocycles. The summed E-state index contributed by atoms with van der Waals surface area (Å²) in [6.45, 7) is 2.24. The van der Waals surface area contributed by atoms with E-state index in [1.807, 2.05) is 0 Å². The molecular weight excluding hydrogens is 229 g/mol. The maximum Gasteiger partial charge on any atom is 0.490 e. The summed E-state index contributed by atoms with van der Waals surface area (Å²) in [5.41, 5.74) is 0.370. The van der Waals surface area contributed by atoms with Crippen LogP contribution >= 0.6 is 0 Å². The first-order valence-corrected chi connectivity index (χ1v) is 6.66. The van der Waals surface area contributed by atoms with E-state index in [-0.39, 0.29) is 6.10 Å². The Hall–Kier alpha value is -1.07. The zero-order valence-electron chi connectivity index (χ0n) is 10.7. The number of nitrogens with zero attached hydrogens (tertiary/aromatic N) is 1. The van der Waals surface area contributed by atoms with Crippen LogP contribution in [0.4, 0.5) is 0 Å². The molecule has 1 saturated carbocycles. The van der Waals surface area contributed by atoms with Crippen molar-refractivity contribution in [2.75, 3.05) is 0 Å². The average Bonchev–Trinajstić information content (AvgIpc) is 2.40. The second-order valence-corrected chi connectivity index (χ2v) is 5.00. The van der Waals surface area contributed by atoms with Gasteiger partial charge in [-0.1, -0.05) is 13.3 Å². The maximum atomic E-state index is 9.08. The lowest BCUT2D eigenvalue weighted by Crippen LogP contribution is -2.31. The van der Waals surface area contributed by atoms with Gasteiger partial charge in [-0.15, -0.1) is 0 Å². The van der Waals surface area contributed by atoms with Gasteiger partial charge in [0.1, 0.15) is 5.75 Å². The molecule has 0 aliphatic heterocycles. The van der Waals surface area contributed by atoms with Crippen LogP contribution in [0.5, 0.6) is 5.75 Å². The summed E-state index contributed by atoms with van der Waals surface area (Å²) < 4.78 is 5.85. The molecule has 2 rings (SSSR count). The molecule has 5 heteroatoms. The minimum Gasteiger partial charge on any atom is -0.489 e. The predicted molar refractivity (Wildman–Crippen MR) is 70.7 cm³/mol. The van der Waals surface area contributed by atoms with E-state index in [0.717, 1.165) is 18.8 Å². The normalized spacial score (nSPS) is 23.7. The number of hydrogen-bond donors (Lipinski definition) is 2. The Morgan fingerprint density at radius 2 is 2.00 bits per heavy atom. The average molecular weight is 249 g/mol. The zero-order chi connectivity index (χ0) is 13.0. The van der Waals surface area contributed by atoms with Gasteiger partial charge in [0.15, 0.2) is 0 Å². The number of pyridine rings is 1. The van der Waals surface area contributed by atoms with Gasteiger partial charge < -0.3 is 14.8 Å². The van der Waals surface area contributed by atoms with Crippen LogP contribution in [-0.2, 0) is 0 Å². The lowest BCUT2D eigenvalue weighted by atomic mass is 9.81. The molecule has 1 aliphatic rings. The van der Waals surface area contributed by atoms with Gasteiger partial charge in [0.2, 0.25) is 0 Å². The second kappa shape index (κ2) is 6.20.